The highest BCUT2D eigenvalue weighted by molar-refractivity contribution is 6.29. The molecule has 1 saturated heterocycles. The van der Waals surface area contributed by atoms with Crippen LogP contribution in [0.3, 0.4) is 0 Å². The molecule has 1 aliphatic rings. The van der Waals surface area contributed by atoms with E-state index >= 15 is 0 Å². The summed E-state index contributed by atoms with van der Waals surface area (Å²) < 4.78 is 5.60. The molecular formula is C10H10ClN3O. The lowest BCUT2D eigenvalue weighted by Gasteiger charge is -2.09. The third-order valence-corrected chi connectivity index (χ3v) is 2.80. The summed E-state index contributed by atoms with van der Waals surface area (Å²) in [4.78, 5) is 10.6. The summed E-state index contributed by atoms with van der Waals surface area (Å²) in [6.45, 7) is 2.03. The molecule has 78 valence electrons. The van der Waals surface area contributed by atoms with Gasteiger partial charge in [-0.05, 0) is 25.0 Å². The minimum Gasteiger partial charge on any atom is -0.422 e. The van der Waals surface area contributed by atoms with Crippen molar-refractivity contribution in [1.29, 1.82) is 0 Å². The highest BCUT2D eigenvalue weighted by atomic mass is 35.5. The summed E-state index contributed by atoms with van der Waals surface area (Å²) in [5.74, 6) is 0. The van der Waals surface area contributed by atoms with Crippen molar-refractivity contribution in [2.24, 2.45) is 0 Å². The van der Waals surface area contributed by atoms with E-state index in [-0.39, 0.29) is 0 Å². The third-order valence-electron chi connectivity index (χ3n) is 2.58. The van der Waals surface area contributed by atoms with Gasteiger partial charge in [0.1, 0.15) is 5.15 Å². The van der Waals surface area contributed by atoms with Crippen molar-refractivity contribution in [2.45, 2.75) is 12.8 Å². The molecule has 0 amide bonds. The molecule has 0 radical (unpaired) electrons. The van der Waals surface area contributed by atoms with Crippen molar-refractivity contribution < 1.29 is 4.42 Å². The lowest BCUT2D eigenvalue weighted by atomic mass is 10.4. The Morgan fingerprint density at radius 2 is 2.00 bits per heavy atom. The Morgan fingerprint density at radius 3 is 2.80 bits per heavy atom. The number of oxazole rings is 1. The highest BCUT2D eigenvalue weighted by Gasteiger charge is 2.18. The number of fused-ring (bicyclic) bond motifs is 1. The first-order valence-corrected chi connectivity index (χ1v) is 5.39. The summed E-state index contributed by atoms with van der Waals surface area (Å²) in [6, 6.07) is 4.18. The minimum absolute atomic E-state index is 0.448. The second-order valence-corrected chi connectivity index (χ2v) is 4.03. The zero-order chi connectivity index (χ0) is 10.3. The van der Waals surface area contributed by atoms with Crippen LogP contribution >= 0.6 is 11.6 Å². The van der Waals surface area contributed by atoms with E-state index in [0.29, 0.717) is 22.4 Å². The molecule has 0 N–H and O–H groups in total. The van der Waals surface area contributed by atoms with Crippen LogP contribution in [0, 0.1) is 0 Å². The summed E-state index contributed by atoms with van der Waals surface area (Å²) in [5.41, 5.74) is 1.28. The van der Waals surface area contributed by atoms with E-state index in [0.717, 1.165) is 13.1 Å². The summed E-state index contributed by atoms with van der Waals surface area (Å²) in [6.07, 6.45) is 2.40. The summed E-state index contributed by atoms with van der Waals surface area (Å²) in [7, 11) is 0. The van der Waals surface area contributed by atoms with Gasteiger partial charge in [-0.15, -0.1) is 0 Å². The van der Waals surface area contributed by atoms with E-state index in [1.807, 2.05) is 0 Å². The fraction of sp³-hybridized carbons (Fsp3) is 0.400. The number of halogens is 1. The molecule has 2 aromatic rings. The van der Waals surface area contributed by atoms with Crippen LogP contribution in [0.2, 0.25) is 5.15 Å². The third kappa shape index (κ3) is 1.55. The van der Waals surface area contributed by atoms with E-state index in [4.69, 9.17) is 16.0 Å². The maximum atomic E-state index is 5.78. The standard InChI is InChI=1S/C10H10ClN3O/c11-8-4-3-7-9(12-8)13-10(15-7)14-5-1-2-6-14/h3-4H,1-2,5-6H2. The van der Waals surface area contributed by atoms with Crippen LogP contribution in [-0.4, -0.2) is 23.1 Å². The fourth-order valence-electron chi connectivity index (χ4n) is 1.83. The maximum absolute atomic E-state index is 5.78. The van der Waals surface area contributed by atoms with Gasteiger partial charge in [-0.2, -0.15) is 4.98 Å². The Kier molecular flexibility index (Phi) is 2.02. The van der Waals surface area contributed by atoms with Gasteiger partial charge in [-0.1, -0.05) is 11.6 Å². The second-order valence-electron chi connectivity index (χ2n) is 3.65. The van der Waals surface area contributed by atoms with E-state index in [9.17, 15) is 0 Å². The number of anilines is 1. The summed E-state index contributed by atoms with van der Waals surface area (Å²) in [5, 5.41) is 0.448. The van der Waals surface area contributed by atoms with Crippen LogP contribution in [0.5, 0.6) is 0 Å². The molecule has 5 heteroatoms. The molecule has 1 fully saturated rings. The van der Waals surface area contributed by atoms with Crippen molar-refractivity contribution in [2.75, 3.05) is 18.0 Å². The molecule has 0 saturated carbocycles. The van der Waals surface area contributed by atoms with Crippen LogP contribution < -0.4 is 4.90 Å². The fourth-order valence-corrected chi connectivity index (χ4v) is 1.97. The van der Waals surface area contributed by atoms with Crippen molar-refractivity contribution >= 4 is 28.8 Å². The molecule has 0 atom stereocenters. The van der Waals surface area contributed by atoms with E-state index in [1.165, 1.54) is 12.8 Å². The first kappa shape index (κ1) is 8.97. The average Bonchev–Trinajstić information content (AvgIpc) is 2.84. The number of rotatable bonds is 1. The van der Waals surface area contributed by atoms with Gasteiger partial charge in [-0.25, -0.2) is 4.98 Å². The van der Waals surface area contributed by atoms with Gasteiger partial charge >= 0.3 is 0 Å². The first-order chi connectivity index (χ1) is 7.33. The van der Waals surface area contributed by atoms with Gasteiger partial charge in [0.2, 0.25) is 5.65 Å². The van der Waals surface area contributed by atoms with Crippen molar-refractivity contribution in [3.8, 4) is 0 Å². The number of hydrogen-bond acceptors (Lipinski definition) is 4. The maximum Gasteiger partial charge on any atom is 0.299 e. The topological polar surface area (TPSA) is 42.2 Å². The predicted molar refractivity (Wildman–Crippen MR) is 58.3 cm³/mol. The quantitative estimate of drug-likeness (QED) is 0.697. The molecule has 2 aromatic heterocycles. The van der Waals surface area contributed by atoms with Gasteiger partial charge in [0.15, 0.2) is 5.58 Å². The molecule has 1 aliphatic heterocycles. The van der Waals surface area contributed by atoms with Crippen LogP contribution in [0.1, 0.15) is 12.8 Å². The minimum atomic E-state index is 0.448. The lowest BCUT2D eigenvalue weighted by Crippen LogP contribution is -2.17. The zero-order valence-electron chi connectivity index (χ0n) is 8.11. The Balaban J connectivity index is 2.05. The van der Waals surface area contributed by atoms with Crippen molar-refractivity contribution in [3.63, 3.8) is 0 Å². The normalized spacial score (nSPS) is 16.5. The predicted octanol–water partition coefficient (Wildman–Crippen LogP) is 2.48. The molecule has 0 bridgehead atoms. The van der Waals surface area contributed by atoms with Gasteiger partial charge in [-0.3, -0.25) is 0 Å². The van der Waals surface area contributed by atoms with E-state index < -0.39 is 0 Å². The largest absolute Gasteiger partial charge is 0.422 e. The number of aromatic nitrogens is 2. The highest BCUT2D eigenvalue weighted by Crippen LogP contribution is 2.24. The van der Waals surface area contributed by atoms with Gasteiger partial charge in [0.25, 0.3) is 6.01 Å². The number of nitrogens with zero attached hydrogens (tertiary/aromatic N) is 3. The Bertz CT molecular complexity index is 490. The average molecular weight is 224 g/mol. The van der Waals surface area contributed by atoms with Gasteiger partial charge in [0, 0.05) is 13.1 Å². The second kappa shape index (κ2) is 3.38. The molecular weight excluding hydrogens is 214 g/mol. The lowest BCUT2D eigenvalue weighted by molar-refractivity contribution is 0.585. The van der Waals surface area contributed by atoms with Crippen LogP contribution in [0.25, 0.3) is 11.2 Å². The number of pyridine rings is 1. The Labute approximate surface area is 91.9 Å². The number of hydrogen-bond donors (Lipinski definition) is 0. The van der Waals surface area contributed by atoms with Crippen LogP contribution in [-0.2, 0) is 0 Å². The van der Waals surface area contributed by atoms with Crippen LogP contribution in [0.15, 0.2) is 16.5 Å². The monoisotopic (exact) mass is 223 g/mol. The molecule has 0 unspecified atom stereocenters. The van der Waals surface area contributed by atoms with Gasteiger partial charge in [0.05, 0.1) is 0 Å². The first-order valence-electron chi connectivity index (χ1n) is 5.01. The molecule has 15 heavy (non-hydrogen) atoms. The Hall–Kier alpha value is -1.29. The summed E-state index contributed by atoms with van der Waals surface area (Å²) >= 11 is 5.78. The van der Waals surface area contributed by atoms with E-state index in [2.05, 4.69) is 14.9 Å². The Morgan fingerprint density at radius 1 is 1.20 bits per heavy atom. The molecule has 3 heterocycles. The van der Waals surface area contributed by atoms with Gasteiger partial charge < -0.3 is 9.32 Å². The molecule has 0 aliphatic carbocycles. The zero-order valence-corrected chi connectivity index (χ0v) is 8.87. The SMILES string of the molecule is Clc1ccc2oc(N3CCCC3)nc2n1. The molecule has 0 spiro atoms. The molecule has 4 nitrogen and oxygen atoms in total. The van der Waals surface area contributed by atoms with E-state index in [1.54, 1.807) is 12.1 Å². The molecule has 3 rings (SSSR count). The molecule has 0 aromatic carbocycles. The van der Waals surface area contributed by atoms with Crippen molar-refractivity contribution in [3.05, 3.63) is 17.3 Å². The van der Waals surface area contributed by atoms with Crippen LogP contribution in [0.4, 0.5) is 6.01 Å². The smallest absolute Gasteiger partial charge is 0.299 e. The van der Waals surface area contributed by atoms with Crippen molar-refractivity contribution in [1.82, 2.24) is 9.97 Å².